The number of urea groups is 1. The molecule has 1 N–H and O–H groups in total. The van der Waals surface area contributed by atoms with Gasteiger partial charge in [-0.25, -0.2) is 4.79 Å². The van der Waals surface area contributed by atoms with E-state index in [-0.39, 0.29) is 31.5 Å². The van der Waals surface area contributed by atoms with Crippen LogP contribution in [0.3, 0.4) is 0 Å². The van der Waals surface area contributed by atoms with Gasteiger partial charge in [0.2, 0.25) is 5.91 Å². The molecule has 0 fully saturated rings. The zero-order valence-corrected chi connectivity index (χ0v) is 22.6. The highest BCUT2D eigenvalue weighted by Crippen LogP contribution is 2.18. The number of carbonyl (C=O) groups excluding carboxylic acids is 3. The average Bonchev–Trinajstić information content (AvgIpc) is 3.27. The predicted octanol–water partition coefficient (Wildman–Crippen LogP) is 4.55. The van der Waals surface area contributed by atoms with Crippen LogP contribution in [0.5, 0.6) is 0 Å². The first-order chi connectivity index (χ1) is 17.2. The van der Waals surface area contributed by atoms with E-state index in [1.807, 2.05) is 49.5 Å². The number of esters is 1. The van der Waals surface area contributed by atoms with Crippen molar-refractivity contribution in [2.24, 2.45) is 5.92 Å². The van der Waals surface area contributed by atoms with E-state index in [1.165, 1.54) is 4.90 Å². The first-order valence-corrected chi connectivity index (χ1v) is 13.0. The molecular weight excluding hydrogens is 480 g/mol. The Balaban J connectivity index is 2.13. The first-order valence-electron chi connectivity index (χ1n) is 12.6. The number of hydrogen-bond donors (Lipinski definition) is 1. The maximum absolute atomic E-state index is 13.4. The van der Waals surface area contributed by atoms with Crippen LogP contribution >= 0.6 is 11.6 Å². The van der Waals surface area contributed by atoms with Gasteiger partial charge in [-0.05, 0) is 43.0 Å². The number of nitrogens with zero attached hydrogens (tertiary/aromatic N) is 3. The molecule has 1 aromatic heterocycles. The number of carbonyl (C=O) groups is 3. The van der Waals surface area contributed by atoms with Crippen molar-refractivity contribution in [3.8, 4) is 0 Å². The summed E-state index contributed by atoms with van der Waals surface area (Å²) in [4.78, 5) is 41.1. The van der Waals surface area contributed by atoms with E-state index in [9.17, 15) is 14.4 Å². The van der Waals surface area contributed by atoms with E-state index < -0.39 is 12.0 Å². The minimum absolute atomic E-state index is 0.0629. The molecular formula is C27H39ClN4O4. The van der Waals surface area contributed by atoms with Crippen molar-refractivity contribution in [3.05, 3.63) is 58.9 Å². The fourth-order valence-electron chi connectivity index (χ4n) is 3.78. The molecule has 0 saturated heterocycles. The molecule has 1 aromatic carbocycles. The molecule has 0 aliphatic heterocycles. The van der Waals surface area contributed by atoms with Crippen LogP contribution in [-0.4, -0.2) is 65.1 Å². The third kappa shape index (κ3) is 9.57. The third-order valence-corrected chi connectivity index (χ3v) is 5.97. The third-order valence-electron chi connectivity index (χ3n) is 5.60. The van der Waals surface area contributed by atoms with Gasteiger partial charge in [-0.15, -0.1) is 0 Å². The van der Waals surface area contributed by atoms with E-state index in [0.29, 0.717) is 31.2 Å². The molecule has 2 aromatic rings. The van der Waals surface area contributed by atoms with Crippen LogP contribution in [0.4, 0.5) is 4.79 Å². The summed E-state index contributed by atoms with van der Waals surface area (Å²) in [6.45, 7) is 9.81. The van der Waals surface area contributed by atoms with Gasteiger partial charge in [0.15, 0.2) is 0 Å². The number of hydrogen-bond acceptors (Lipinski definition) is 4. The van der Waals surface area contributed by atoms with E-state index >= 15 is 0 Å². The Kier molecular flexibility index (Phi) is 12.3. The molecule has 198 valence electrons. The number of halogens is 1. The smallest absolute Gasteiger partial charge is 0.325 e. The summed E-state index contributed by atoms with van der Waals surface area (Å²) in [7, 11) is 0. The highest BCUT2D eigenvalue weighted by atomic mass is 35.5. The Labute approximate surface area is 219 Å². The zero-order chi connectivity index (χ0) is 26.5. The Hall–Kier alpha value is -3.00. The van der Waals surface area contributed by atoms with Crippen LogP contribution < -0.4 is 5.32 Å². The van der Waals surface area contributed by atoms with E-state index in [1.54, 1.807) is 11.8 Å². The van der Waals surface area contributed by atoms with Crippen LogP contribution in [0.25, 0.3) is 0 Å². The maximum atomic E-state index is 13.4. The van der Waals surface area contributed by atoms with Crippen LogP contribution in [-0.2, 0) is 27.4 Å². The second-order valence-electron chi connectivity index (χ2n) is 9.13. The van der Waals surface area contributed by atoms with Crippen molar-refractivity contribution in [1.82, 2.24) is 19.7 Å². The topological polar surface area (TPSA) is 83.9 Å². The number of amides is 3. The van der Waals surface area contributed by atoms with Gasteiger partial charge < -0.3 is 24.4 Å². The average molecular weight is 519 g/mol. The Bertz CT molecular complexity index is 992. The summed E-state index contributed by atoms with van der Waals surface area (Å²) >= 11 is 6.36. The number of benzene rings is 1. The summed E-state index contributed by atoms with van der Waals surface area (Å²) < 4.78 is 6.96. The van der Waals surface area contributed by atoms with Crippen LogP contribution in [0.15, 0.2) is 42.6 Å². The summed E-state index contributed by atoms with van der Waals surface area (Å²) in [5.41, 5.74) is 1.98. The van der Waals surface area contributed by atoms with Crippen molar-refractivity contribution in [2.75, 3.05) is 32.8 Å². The number of unbranched alkanes of at least 4 members (excludes halogenated alkanes) is 1. The van der Waals surface area contributed by atoms with Crippen LogP contribution in [0.1, 0.15) is 51.8 Å². The molecule has 0 radical (unpaired) electrons. The highest BCUT2D eigenvalue weighted by molar-refractivity contribution is 6.31. The highest BCUT2D eigenvalue weighted by Gasteiger charge is 2.23. The Morgan fingerprint density at radius 1 is 1.08 bits per heavy atom. The summed E-state index contributed by atoms with van der Waals surface area (Å²) in [6, 6.07) is 11.2. The molecule has 8 nitrogen and oxygen atoms in total. The van der Waals surface area contributed by atoms with Crippen molar-refractivity contribution < 1.29 is 19.1 Å². The molecule has 3 amide bonds. The Morgan fingerprint density at radius 3 is 2.50 bits per heavy atom. The summed E-state index contributed by atoms with van der Waals surface area (Å²) in [5.74, 6) is -0.396. The van der Waals surface area contributed by atoms with E-state index in [2.05, 4.69) is 23.7 Å². The standard InChI is InChI=1S/C27H39ClN4O4/c1-5-7-14-31(27(35)29-16-26(34)36-6-2)20-25(33)32(17-21(3)4)19-23-12-10-15-30(23)18-22-11-8-9-13-24(22)28/h8-13,15,21H,5-7,14,16-20H2,1-4H3,(H,29,35). The second kappa shape index (κ2) is 15.2. The van der Waals surface area contributed by atoms with E-state index in [0.717, 1.165) is 24.1 Å². The predicted molar refractivity (Wildman–Crippen MR) is 142 cm³/mol. The lowest BCUT2D eigenvalue weighted by molar-refractivity contribution is -0.141. The van der Waals surface area contributed by atoms with Gasteiger partial charge in [-0.3, -0.25) is 9.59 Å². The Morgan fingerprint density at radius 2 is 1.83 bits per heavy atom. The maximum Gasteiger partial charge on any atom is 0.325 e. The SMILES string of the molecule is CCCCN(CC(=O)N(Cc1cccn1Cc1ccccc1Cl)CC(C)C)C(=O)NCC(=O)OCC. The van der Waals surface area contributed by atoms with Crippen molar-refractivity contribution in [2.45, 2.75) is 53.6 Å². The monoisotopic (exact) mass is 518 g/mol. The van der Waals surface area contributed by atoms with Gasteiger partial charge >= 0.3 is 12.0 Å². The first kappa shape index (κ1) is 29.2. The summed E-state index contributed by atoms with van der Waals surface area (Å²) in [5, 5.41) is 3.28. The quantitative estimate of drug-likeness (QED) is 0.372. The molecule has 0 aliphatic rings. The second-order valence-corrected chi connectivity index (χ2v) is 9.53. The van der Waals surface area contributed by atoms with Gasteiger partial charge in [0.25, 0.3) is 0 Å². The molecule has 9 heteroatoms. The molecule has 1 heterocycles. The fourth-order valence-corrected chi connectivity index (χ4v) is 3.98. The van der Waals surface area contributed by atoms with Crippen molar-refractivity contribution in [3.63, 3.8) is 0 Å². The van der Waals surface area contributed by atoms with Gasteiger partial charge in [0.1, 0.15) is 13.1 Å². The lowest BCUT2D eigenvalue weighted by Crippen LogP contribution is -2.48. The molecule has 0 aliphatic carbocycles. The fraction of sp³-hybridized carbons (Fsp3) is 0.519. The lowest BCUT2D eigenvalue weighted by atomic mass is 10.2. The van der Waals surface area contributed by atoms with E-state index in [4.69, 9.17) is 16.3 Å². The molecule has 36 heavy (non-hydrogen) atoms. The molecule has 0 atom stereocenters. The number of nitrogens with one attached hydrogen (secondary N) is 1. The largest absolute Gasteiger partial charge is 0.465 e. The molecule has 0 bridgehead atoms. The lowest BCUT2D eigenvalue weighted by Gasteiger charge is -2.29. The van der Waals surface area contributed by atoms with Gasteiger partial charge in [-0.1, -0.05) is 57.0 Å². The van der Waals surface area contributed by atoms with Crippen LogP contribution in [0, 0.1) is 5.92 Å². The van der Waals surface area contributed by atoms with Crippen LogP contribution in [0.2, 0.25) is 5.02 Å². The summed E-state index contributed by atoms with van der Waals surface area (Å²) in [6.07, 6.45) is 3.61. The molecule has 0 spiro atoms. The minimum Gasteiger partial charge on any atom is -0.465 e. The van der Waals surface area contributed by atoms with Gasteiger partial charge in [0.05, 0.1) is 13.2 Å². The molecule has 2 rings (SSSR count). The number of rotatable bonds is 14. The van der Waals surface area contributed by atoms with Crippen molar-refractivity contribution >= 4 is 29.5 Å². The van der Waals surface area contributed by atoms with Gasteiger partial charge in [0, 0.05) is 36.5 Å². The minimum atomic E-state index is -0.506. The molecule has 0 unspecified atom stereocenters. The zero-order valence-electron chi connectivity index (χ0n) is 21.8. The van der Waals surface area contributed by atoms with Crippen molar-refractivity contribution in [1.29, 1.82) is 0 Å². The number of aromatic nitrogens is 1. The molecule has 0 saturated carbocycles. The van der Waals surface area contributed by atoms with Gasteiger partial charge in [-0.2, -0.15) is 0 Å². The normalized spacial score (nSPS) is 10.8. The number of ether oxygens (including phenoxy) is 1.